The molecule has 1 unspecified atom stereocenters. The van der Waals surface area contributed by atoms with E-state index in [2.05, 4.69) is 6.58 Å². The van der Waals surface area contributed by atoms with E-state index >= 15 is 0 Å². The molecule has 2 heteroatoms. The van der Waals surface area contributed by atoms with Crippen LogP contribution in [0.1, 0.15) is 22.0 Å². The van der Waals surface area contributed by atoms with E-state index in [0.717, 1.165) is 23.0 Å². The molecule has 0 N–H and O–H groups in total. The van der Waals surface area contributed by atoms with Gasteiger partial charge in [-0.05, 0) is 23.3 Å². The Labute approximate surface area is 142 Å². The molecule has 0 aliphatic rings. The lowest BCUT2D eigenvalue weighted by molar-refractivity contribution is 0.111. The lowest BCUT2D eigenvalue weighted by Gasteiger charge is -2.20. The minimum Gasteiger partial charge on any atom is -0.480 e. The average molecular weight is 314 g/mol. The Kier molecular flexibility index (Phi) is 4.87. The number of para-hydroxylation sites is 1. The summed E-state index contributed by atoms with van der Waals surface area (Å²) in [5, 5.41) is 0. The Balaban J connectivity index is 2.06. The van der Waals surface area contributed by atoms with Crippen molar-refractivity contribution >= 4 is 6.29 Å². The van der Waals surface area contributed by atoms with E-state index in [1.54, 1.807) is 12.1 Å². The zero-order chi connectivity index (χ0) is 16.8. The van der Waals surface area contributed by atoms with E-state index in [4.69, 9.17) is 4.74 Å². The molecule has 0 bridgehead atoms. The van der Waals surface area contributed by atoms with Gasteiger partial charge in [0.05, 0.1) is 5.56 Å². The van der Waals surface area contributed by atoms with Crippen LogP contribution in [0, 0.1) is 0 Å². The van der Waals surface area contributed by atoms with Crippen LogP contribution >= 0.6 is 0 Å². The first-order chi connectivity index (χ1) is 11.8. The van der Waals surface area contributed by atoms with Crippen molar-refractivity contribution in [3.8, 4) is 16.9 Å². The lowest BCUT2D eigenvalue weighted by Crippen LogP contribution is -2.07. The molecule has 118 valence electrons. The van der Waals surface area contributed by atoms with Crippen LogP contribution in [0.3, 0.4) is 0 Å². The van der Waals surface area contributed by atoms with Crippen molar-refractivity contribution in [1.82, 2.24) is 0 Å². The van der Waals surface area contributed by atoms with Gasteiger partial charge in [-0.15, -0.1) is 0 Å². The van der Waals surface area contributed by atoms with Crippen LogP contribution in [0.2, 0.25) is 0 Å². The molecule has 0 amide bonds. The molecule has 0 saturated heterocycles. The van der Waals surface area contributed by atoms with Gasteiger partial charge in [0.2, 0.25) is 0 Å². The van der Waals surface area contributed by atoms with Gasteiger partial charge in [-0.25, -0.2) is 0 Å². The lowest BCUT2D eigenvalue weighted by atomic mass is 10.0. The second kappa shape index (κ2) is 7.42. The molecule has 0 saturated carbocycles. The van der Waals surface area contributed by atoms with Crippen molar-refractivity contribution in [2.24, 2.45) is 0 Å². The van der Waals surface area contributed by atoms with Gasteiger partial charge in [-0.1, -0.05) is 79.4 Å². The second-order valence-corrected chi connectivity index (χ2v) is 5.39. The van der Waals surface area contributed by atoms with Crippen LogP contribution in [0.25, 0.3) is 11.1 Å². The number of rotatable bonds is 6. The van der Waals surface area contributed by atoms with Gasteiger partial charge < -0.3 is 4.74 Å². The molecular formula is C22H18O2. The molecule has 0 aliphatic carbocycles. The van der Waals surface area contributed by atoms with E-state index in [9.17, 15) is 4.79 Å². The molecule has 24 heavy (non-hydrogen) atoms. The summed E-state index contributed by atoms with van der Waals surface area (Å²) in [6.07, 6.45) is 2.24. The molecule has 0 aromatic heterocycles. The van der Waals surface area contributed by atoms with Gasteiger partial charge in [-0.3, -0.25) is 4.79 Å². The molecular weight excluding hydrogens is 296 g/mol. The van der Waals surface area contributed by atoms with Gasteiger partial charge in [-0.2, -0.15) is 0 Å². The van der Waals surface area contributed by atoms with Gasteiger partial charge in [0.1, 0.15) is 11.9 Å². The first-order valence-electron chi connectivity index (χ1n) is 7.81. The zero-order valence-electron chi connectivity index (χ0n) is 13.3. The normalized spacial score (nSPS) is 11.5. The predicted molar refractivity (Wildman–Crippen MR) is 97.3 cm³/mol. The van der Waals surface area contributed by atoms with Crippen LogP contribution in [-0.2, 0) is 0 Å². The molecule has 0 heterocycles. The maximum absolute atomic E-state index is 11.5. The molecule has 0 fully saturated rings. The third-order valence-electron chi connectivity index (χ3n) is 3.84. The number of hydrogen-bond acceptors (Lipinski definition) is 2. The highest BCUT2D eigenvalue weighted by molar-refractivity contribution is 5.86. The van der Waals surface area contributed by atoms with E-state index in [0.29, 0.717) is 11.3 Å². The number of benzene rings is 3. The Morgan fingerprint density at radius 2 is 1.50 bits per heavy atom. The SMILES string of the molecule is C=CC(Oc1c(C=O)cccc1-c1ccccc1)c1ccccc1. The van der Waals surface area contributed by atoms with Crippen molar-refractivity contribution in [2.45, 2.75) is 6.10 Å². The van der Waals surface area contributed by atoms with Crippen molar-refractivity contribution in [3.05, 3.63) is 103 Å². The first-order valence-corrected chi connectivity index (χ1v) is 7.81. The van der Waals surface area contributed by atoms with E-state index in [1.165, 1.54) is 0 Å². The largest absolute Gasteiger partial charge is 0.480 e. The van der Waals surface area contributed by atoms with Crippen LogP contribution in [0.4, 0.5) is 0 Å². The Morgan fingerprint density at radius 3 is 2.12 bits per heavy atom. The fourth-order valence-electron chi connectivity index (χ4n) is 2.65. The summed E-state index contributed by atoms with van der Waals surface area (Å²) in [5.41, 5.74) is 3.42. The minimum atomic E-state index is -0.324. The number of ether oxygens (including phenoxy) is 1. The molecule has 0 radical (unpaired) electrons. The van der Waals surface area contributed by atoms with Crippen LogP contribution in [0.5, 0.6) is 5.75 Å². The van der Waals surface area contributed by atoms with E-state index in [1.807, 2.05) is 72.8 Å². The zero-order valence-corrected chi connectivity index (χ0v) is 13.3. The highest BCUT2D eigenvalue weighted by atomic mass is 16.5. The monoisotopic (exact) mass is 314 g/mol. The van der Waals surface area contributed by atoms with Gasteiger partial charge in [0.15, 0.2) is 6.29 Å². The van der Waals surface area contributed by atoms with Crippen LogP contribution in [-0.4, -0.2) is 6.29 Å². The van der Waals surface area contributed by atoms with Gasteiger partial charge >= 0.3 is 0 Å². The molecule has 2 nitrogen and oxygen atoms in total. The van der Waals surface area contributed by atoms with Crippen molar-refractivity contribution in [2.75, 3.05) is 0 Å². The Morgan fingerprint density at radius 1 is 0.833 bits per heavy atom. The third-order valence-corrected chi connectivity index (χ3v) is 3.84. The van der Waals surface area contributed by atoms with Crippen molar-refractivity contribution in [1.29, 1.82) is 0 Å². The highest BCUT2D eigenvalue weighted by Crippen LogP contribution is 2.35. The van der Waals surface area contributed by atoms with Gasteiger partial charge in [0, 0.05) is 5.56 Å². The van der Waals surface area contributed by atoms with Crippen molar-refractivity contribution in [3.63, 3.8) is 0 Å². The third kappa shape index (κ3) is 3.28. The highest BCUT2D eigenvalue weighted by Gasteiger charge is 2.16. The molecule has 3 rings (SSSR count). The molecule has 3 aromatic rings. The maximum atomic E-state index is 11.5. The molecule has 3 aromatic carbocycles. The number of hydrogen-bond donors (Lipinski definition) is 0. The molecule has 0 spiro atoms. The summed E-state index contributed by atoms with van der Waals surface area (Å²) >= 11 is 0. The summed E-state index contributed by atoms with van der Waals surface area (Å²) in [7, 11) is 0. The average Bonchev–Trinajstić information content (AvgIpc) is 2.67. The number of carbonyl (C=O) groups excluding carboxylic acids is 1. The topological polar surface area (TPSA) is 26.3 Å². The summed E-state index contributed by atoms with van der Waals surface area (Å²) in [6, 6.07) is 25.3. The summed E-state index contributed by atoms with van der Waals surface area (Å²) in [6.45, 7) is 3.88. The summed E-state index contributed by atoms with van der Waals surface area (Å²) < 4.78 is 6.21. The van der Waals surface area contributed by atoms with Crippen LogP contribution < -0.4 is 4.74 Å². The summed E-state index contributed by atoms with van der Waals surface area (Å²) in [4.78, 5) is 11.5. The molecule has 1 atom stereocenters. The summed E-state index contributed by atoms with van der Waals surface area (Å²) in [5.74, 6) is 0.576. The number of aldehydes is 1. The van der Waals surface area contributed by atoms with Crippen molar-refractivity contribution < 1.29 is 9.53 Å². The standard InChI is InChI=1S/C22H18O2/c1-2-21(18-12-7-4-8-13-18)24-22-19(16-23)14-9-15-20(22)17-10-5-3-6-11-17/h2-16,21H,1H2. The van der Waals surface area contributed by atoms with E-state index < -0.39 is 0 Å². The van der Waals surface area contributed by atoms with Crippen LogP contribution in [0.15, 0.2) is 91.5 Å². The maximum Gasteiger partial charge on any atom is 0.153 e. The smallest absolute Gasteiger partial charge is 0.153 e. The predicted octanol–water partition coefficient (Wildman–Crippen LogP) is 5.47. The fraction of sp³-hybridized carbons (Fsp3) is 0.0455. The number of carbonyl (C=O) groups is 1. The molecule has 0 aliphatic heterocycles. The minimum absolute atomic E-state index is 0.324. The Bertz CT molecular complexity index is 823. The first kappa shape index (κ1) is 15.8. The quantitative estimate of drug-likeness (QED) is 0.445. The Hall–Kier alpha value is -3.13. The van der Waals surface area contributed by atoms with Gasteiger partial charge in [0.25, 0.3) is 0 Å². The fourth-order valence-corrected chi connectivity index (χ4v) is 2.65. The van der Waals surface area contributed by atoms with E-state index in [-0.39, 0.29) is 6.10 Å². The second-order valence-electron chi connectivity index (χ2n) is 5.39.